The minimum atomic E-state index is 0.734. The van der Waals surface area contributed by atoms with Gasteiger partial charge in [0, 0.05) is 23.5 Å². The fraction of sp³-hybridized carbons (Fsp3) is 0.174. The van der Waals surface area contributed by atoms with Gasteiger partial charge in [-0.3, -0.25) is 5.10 Å². The predicted molar refractivity (Wildman–Crippen MR) is 112 cm³/mol. The molecule has 0 fully saturated rings. The van der Waals surface area contributed by atoms with Crippen LogP contribution in [0.25, 0.3) is 22.4 Å². The third kappa shape index (κ3) is 3.51. The Morgan fingerprint density at radius 1 is 0.963 bits per heavy atom. The summed E-state index contributed by atoms with van der Waals surface area (Å²) in [7, 11) is 0. The van der Waals surface area contributed by atoms with Crippen molar-refractivity contribution >= 4 is 5.82 Å². The van der Waals surface area contributed by atoms with Crippen LogP contribution in [0.2, 0.25) is 0 Å². The van der Waals surface area contributed by atoms with E-state index in [1.165, 1.54) is 16.8 Å². The number of aryl methyl sites for hydroxylation is 2. The molecule has 0 atom stereocenters. The average Bonchev–Trinajstić information content (AvgIpc) is 3.30. The predicted octanol–water partition coefficient (Wildman–Crippen LogP) is 5.55. The topological polar surface area (TPSA) is 56.5 Å². The summed E-state index contributed by atoms with van der Waals surface area (Å²) >= 11 is 0. The molecule has 0 aliphatic carbocycles. The van der Waals surface area contributed by atoms with E-state index in [9.17, 15) is 0 Å². The summed E-state index contributed by atoms with van der Waals surface area (Å²) in [6.07, 6.45) is 0.948. The van der Waals surface area contributed by atoms with Gasteiger partial charge < -0.3 is 10.3 Å². The lowest BCUT2D eigenvalue weighted by atomic mass is 10.00. The second kappa shape index (κ2) is 7.54. The van der Waals surface area contributed by atoms with Crippen molar-refractivity contribution in [2.45, 2.75) is 26.8 Å². The number of hydrogen-bond acceptors (Lipinski definition) is 2. The van der Waals surface area contributed by atoms with Crippen molar-refractivity contribution in [3.8, 4) is 22.4 Å². The SMILES string of the molecule is CCc1[nH]c(C)cc1-c1[nH]nc(NCc2ccccc2)c1-c1ccccc1. The molecular formula is C23H24N4. The van der Waals surface area contributed by atoms with Crippen molar-refractivity contribution < 1.29 is 0 Å². The summed E-state index contributed by atoms with van der Waals surface area (Å²) in [5.74, 6) is 0.876. The highest BCUT2D eigenvalue weighted by molar-refractivity contribution is 5.89. The molecule has 4 aromatic rings. The van der Waals surface area contributed by atoms with E-state index in [0.29, 0.717) is 0 Å². The van der Waals surface area contributed by atoms with Crippen LogP contribution in [0, 0.1) is 6.92 Å². The maximum atomic E-state index is 4.62. The number of rotatable bonds is 6. The molecule has 0 bridgehead atoms. The molecule has 2 aromatic carbocycles. The Bertz CT molecular complexity index is 1010. The number of nitrogens with one attached hydrogen (secondary N) is 3. The highest BCUT2D eigenvalue weighted by Crippen LogP contribution is 2.38. The number of anilines is 1. The van der Waals surface area contributed by atoms with Crippen molar-refractivity contribution in [2.75, 3.05) is 5.32 Å². The number of aromatic nitrogens is 3. The van der Waals surface area contributed by atoms with Crippen molar-refractivity contribution in [2.24, 2.45) is 0 Å². The second-order valence-electron chi connectivity index (χ2n) is 6.73. The van der Waals surface area contributed by atoms with Crippen molar-refractivity contribution in [1.29, 1.82) is 0 Å². The molecule has 27 heavy (non-hydrogen) atoms. The molecule has 0 spiro atoms. The lowest BCUT2D eigenvalue weighted by Gasteiger charge is -2.09. The maximum absolute atomic E-state index is 4.62. The Labute approximate surface area is 159 Å². The molecule has 0 aliphatic rings. The Kier molecular flexibility index (Phi) is 4.79. The van der Waals surface area contributed by atoms with E-state index in [0.717, 1.165) is 41.3 Å². The molecule has 2 heterocycles. The highest BCUT2D eigenvalue weighted by Gasteiger charge is 2.19. The highest BCUT2D eigenvalue weighted by atomic mass is 15.2. The molecular weight excluding hydrogens is 332 g/mol. The number of aromatic amines is 2. The third-order valence-corrected chi connectivity index (χ3v) is 4.79. The van der Waals surface area contributed by atoms with E-state index in [-0.39, 0.29) is 0 Å². The molecule has 136 valence electrons. The quantitative estimate of drug-likeness (QED) is 0.424. The van der Waals surface area contributed by atoms with Gasteiger partial charge >= 0.3 is 0 Å². The molecule has 4 heteroatoms. The fourth-order valence-electron chi connectivity index (χ4n) is 3.48. The van der Waals surface area contributed by atoms with Crippen LogP contribution in [0.3, 0.4) is 0 Å². The first-order valence-corrected chi connectivity index (χ1v) is 9.36. The van der Waals surface area contributed by atoms with E-state index in [4.69, 9.17) is 0 Å². The molecule has 0 aliphatic heterocycles. The molecule has 0 saturated heterocycles. The van der Waals surface area contributed by atoms with Gasteiger partial charge in [-0.25, -0.2) is 0 Å². The van der Waals surface area contributed by atoms with Gasteiger partial charge in [0.05, 0.1) is 11.3 Å². The summed E-state index contributed by atoms with van der Waals surface area (Å²) in [6, 6.07) is 23.0. The normalized spacial score (nSPS) is 10.9. The van der Waals surface area contributed by atoms with E-state index >= 15 is 0 Å². The number of nitrogens with zero attached hydrogens (tertiary/aromatic N) is 1. The fourth-order valence-corrected chi connectivity index (χ4v) is 3.48. The zero-order valence-electron chi connectivity index (χ0n) is 15.7. The summed E-state index contributed by atoms with van der Waals surface area (Å²) < 4.78 is 0. The average molecular weight is 356 g/mol. The third-order valence-electron chi connectivity index (χ3n) is 4.79. The molecule has 2 aromatic heterocycles. The minimum Gasteiger partial charge on any atom is -0.364 e. The first-order chi connectivity index (χ1) is 13.3. The molecule has 0 saturated carbocycles. The zero-order chi connectivity index (χ0) is 18.6. The van der Waals surface area contributed by atoms with E-state index in [1.807, 2.05) is 12.1 Å². The van der Waals surface area contributed by atoms with Gasteiger partial charge in [-0.1, -0.05) is 67.6 Å². The van der Waals surface area contributed by atoms with Crippen LogP contribution >= 0.6 is 0 Å². The van der Waals surface area contributed by atoms with Gasteiger partial charge in [0.2, 0.25) is 0 Å². The van der Waals surface area contributed by atoms with Crippen LogP contribution in [0.5, 0.6) is 0 Å². The van der Waals surface area contributed by atoms with Gasteiger partial charge in [0.25, 0.3) is 0 Å². The lowest BCUT2D eigenvalue weighted by Crippen LogP contribution is -2.00. The Hall–Kier alpha value is -3.27. The Balaban J connectivity index is 1.77. The first-order valence-electron chi connectivity index (χ1n) is 9.36. The van der Waals surface area contributed by atoms with Crippen LogP contribution in [0.1, 0.15) is 23.9 Å². The van der Waals surface area contributed by atoms with Gasteiger partial charge in [0.15, 0.2) is 5.82 Å². The van der Waals surface area contributed by atoms with Crippen molar-refractivity contribution in [3.63, 3.8) is 0 Å². The summed E-state index contributed by atoms with van der Waals surface area (Å²) in [5, 5.41) is 11.4. The standard InChI is InChI=1S/C23H24N4/c1-3-20-19(14-16(2)25-20)22-21(18-12-8-5-9-13-18)23(27-26-22)24-15-17-10-6-4-7-11-17/h4-14,25H,3,15H2,1-2H3,(H2,24,26,27). The molecule has 0 radical (unpaired) electrons. The zero-order valence-corrected chi connectivity index (χ0v) is 15.7. The van der Waals surface area contributed by atoms with Gasteiger partial charge in [-0.2, -0.15) is 5.10 Å². The summed E-state index contributed by atoms with van der Waals surface area (Å²) in [6.45, 7) is 5.00. The molecule has 4 rings (SSSR count). The van der Waals surface area contributed by atoms with Crippen LogP contribution in [0.15, 0.2) is 66.7 Å². The van der Waals surface area contributed by atoms with Crippen molar-refractivity contribution in [1.82, 2.24) is 15.2 Å². The van der Waals surface area contributed by atoms with Gasteiger partial charge in [-0.15, -0.1) is 0 Å². The van der Waals surface area contributed by atoms with E-state index < -0.39 is 0 Å². The first kappa shape index (κ1) is 17.2. The van der Waals surface area contributed by atoms with Gasteiger partial charge in [0.1, 0.15) is 0 Å². The van der Waals surface area contributed by atoms with Gasteiger partial charge in [-0.05, 0) is 30.5 Å². The smallest absolute Gasteiger partial charge is 0.156 e. The summed E-state index contributed by atoms with van der Waals surface area (Å²) in [4.78, 5) is 3.47. The maximum Gasteiger partial charge on any atom is 0.156 e. The second-order valence-corrected chi connectivity index (χ2v) is 6.73. The van der Waals surface area contributed by atoms with E-state index in [2.05, 4.69) is 88.9 Å². The number of H-pyrrole nitrogens is 2. The molecule has 0 amide bonds. The number of benzene rings is 2. The van der Waals surface area contributed by atoms with Crippen LogP contribution in [-0.4, -0.2) is 15.2 Å². The van der Waals surface area contributed by atoms with Crippen LogP contribution in [-0.2, 0) is 13.0 Å². The monoisotopic (exact) mass is 356 g/mol. The largest absolute Gasteiger partial charge is 0.364 e. The number of hydrogen-bond donors (Lipinski definition) is 3. The Morgan fingerprint density at radius 2 is 1.67 bits per heavy atom. The lowest BCUT2D eigenvalue weighted by molar-refractivity contribution is 1.03. The minimum absolute atomic E-state index is 0.734. The Morgan fingerprint density at radius 3 is 2.37 bits per heavy atom. The molecule has 4 nitrogen and oxygen atoms in total. The van der Waals surface area contributed by atoms with Crippen LogP contribution in [0.4, 0.5) is 5.82 Å². The molecule has 0 unspecified atom stereocenters. The molecule has 3 N–H and O–H groups in total. The van der Waals surface area contributed by atoms with Crippen molar-refractivity contribution in [3.05, 3.63) is 83.7 Å². The van der Waals surface area contributed by atoms with Crippen LogP contribution < -0.4 is 5.32 Å². The van der Waals surface area contributed by atoms with E-state index in [1.54, 1.807) is 0 Å². The summed E-state index contributed by atoms with van der Waals surface area (Å²) in [5.41, 5.74) is 8.12.